The lowest BCUT2D eigenvalue weighted by molar-refractivity contribution is -0.117. The fourth-order valence-electron chi connectivity index (χ4n) is 3.46. The molecule has 30 heavy (non-hydrogen) atoms. The standard InChI is InChI=1S/C21H22N4O4S/c26-20-6-3-13-25(20)16-7-9-17(10-8-16)30(28,29)23-12-11-22-21(27)19-14-15-4-1-2-5-18(15)24-19/h1-2,4-5,7-10,14,23-24H,3,6,11-13H2,(H,22,27). The lowest BCUT2D eigenvalue weighted by Gasteiger charge is -2.16. The van der Waals surface area contributed by atoms with Crippen molar-refractivity contribution in [2.75, 3.05) is 24.5 Å². The molecule has 0 aliphatic carbocycles. The van der Waals surface area contributed by atoms with Crippen molar-refractivity contribution in [3.05, 3.63) is 60.3 Å². The fourth-order valence-corrected chi connectivity index (χ4v) is 4.49. The number of aromatic amines is 1. The van der Waals surface area contributed by atoms with Crippen molar-refractivity contribution >= 4 is 38.4 Å². The van der Waals surface area contributed by atoms with Crippen LogP contribution in [0.3, 0.4) is 0 Å². The topological polar surface area (TPSA) is 111 Å². The first-order chi connectivity index (χ1) is 14.4. The Hall–Kier alpha value is -3.17. The molecule has 3 N–H and O–H groups in total. The highest BCUT2D eigenvalue weighted by molar-refractivity contribution is 7.89. The Bertz CT molecular complexity index is 1150. The molecule has 2 heterocycles. The van der Waals surface area contributed by atoms with E-state index in [1.54, 1.807) is 23.1 Å². The first-order valence-electron chi connectivity index (χ1n) is 9.70. The Labute approximate surface area is 174 Å². The molecule has 0 spiro atoms. The molecule has 9 heteroatoms. The fraction of sp³-hybridized carbons (Fsp3) is 0.238. The second-order valence-corrected chi connectivity index (χ2v) is 8.83. The quantitative estimate of drug-likeness (QED) is 0.502. The lowest BCUT2D eigenvalue weighted by atomic mass is 10.2. The largest absolute Gasteiger partial charge is 0.351 e. The first-order valence-corrected chi connectivity index (χ1v) is 11.2. The van der Waals surface area contributed by atoms with Gasteiger partial charge in [-0.15, -0.1) is 0 Å². The molecule has 2 aromatic carbocycles. The van der Waals surface area contributed by atoms with Crippen LogP contribution in [0.4, 0.5) is 5.69 Å². The summed E-state index contributed by atoms with van der Waals surface area (Å²) in [6.45, 7) is 0.855. The molecule has 1 aliphatic rings. The molecule has 4 rings (SSSR count). The number of nitrogens with one attached hydrogen (secondary N) is 3. The van der Waals surface area contributed by atoms with Gasteiger partial charge in [-0.25, -0.2) is 13.1 Å². The Morgan fingerprint density at radius 3 is 2.53 bits per heavy atom. The molecule has 3 aromatic rings. The number of anilines is 1. The van der Waals surface area contributed by atoms with Gasteiger partial charge in [-0.3, -0.25) is 9.59 Å². The summed E-state index contributed by atoms with van der Waals surface area (Å²) in [6.07, 6.45) is 1.33. The molecule has 0 saturated carbocycles. The monoisotopic (exact) mass is 426 g/mol. The third kappa shape index (κ3) is 4.22. The number of sulfonamides is 1. The predicted molar refractivity (Wildman–Crippen MR) is 114 cm³/mol. The number of hydrogen-bond donors (Lipinski definition) is 3. The highest BCUT2D eigenvalue weighted by Gasteiger charge is 2.22. The number of carbonyl (C=O) groups is 2. The zero-order chi connectivity index (χ0) is 21.1. The Morgan fingerprint density at radius 2 is 1.83 bits per heavy atom. The van der Waals surface area contributed by atoms with Crippen LogP contribution in [0, 0.1) is 0 Å². The maximum Gasteiger partial charge on any atom is 0.267 e. The van der Waals surface area contributed by atoms with Gasteiger partial charge in [0.1, 0.15) is 5.69 Å². The van der Waals surface area contributed by atoms with Gasteiger partial charge in [-0.2, -0.15) is 0 Å². The van der Waals surface area contributed by atoms with Crippen LogP contribution in [-0.2, 0) is 14.8 Å². The second-order valence-electron chi connectivity index (χ2n) is 7.07. The van der Waals surface area contributed by atoms with Crippen molar-refractivity contribution in [2.24, 2.45) is 0 Å². The maximum atomic E-state index is 12.5. The number of rotatable bonds is 7. The van der Waals surface area contributed by atoms with Crippen molar-refractivity contribution in [1.82, 2.24) is 15.0 Å². The van der Waals surface area contributed by atoms with Gasteiger partial charge in [-0.05, 0) is 42.8 Å². The summed E-state index contributed by atoms with van der Waals surface area (Å²) in [4.78, 5) is 28.8. The summed E-state index contributed by atoms with van der Waals surface area (Å²) in [5.41, 5.74) is 1.98. The van der Waals surface area contributed by atoms with Gasteiger partial charge in [0.25, 0.3) is 5.91 Å². The van der Waals surface area contributed by atoms with Gasteiger partial charge in [-0.1, -0.05) is 18.2 Å². The van der Waals surface area contributed by atoms with Crippen molar-refractivity contribution in [1.29, 1.82) is 0 Å². The van der Waals surface area contributed by atoms with E-state index >= 15 is 0 Å². The average Bonchev–Trinajstić information content (AvgIpc) is 3.37. The number of nitrogens with zero attached hydrogens (tertiary/aromatic N) is 1. The van der Waals surface area contributed by atoms with E-state index in [0.29, 0.717) is 24.3 Å². The summed E-state index contributed by atoms with van der Waals surface area (Å²) in [5.74, 6) is -0.250. The number of fused-ring (bicyclic) bond motifs is 1. The van der Waals surface area contributed by atoms with E-state index < -0.39 is 10.0 Å². The van der Waals surface area contributed by atoms with E-state index in [2.05, 4.69) is 15.0 Å². The van der Waals surface area contributed by atoms with Crippen LogP contribution in [0.15, 0.2) is 59.5 Å². The van der Waals surface area contributed by atoms with Gasteiger partial charge < -0.3 is 15.2 Å². The number of H-pyrrole nitrogens is 1. The molecule has 0 bridgehead atoms. The average molecular weight is 426 g/mol. The molecule has 1 aromatic heterocycles. The minimum Gasteiger partial charge on any atom is -0.351 e. The summed E-state index contributed by atoms with van der Waals surface area (Å²) in [6, 6.07) is 15.5. The highest BCUT2D eigenvalue weighted by Crippen LogP contribution is 2.22. The van der Waals surface area contributed by atoms with Crippen LogP contribution in [-0.4, -0.2) is 44.9 Å². The Morgan fingerprint density at radius 1 is 1.07 bits per heavy atom. The van der Waals surface area contributed by atoms with E-state index in [9.17, 15) is 18.0 Å². The zero-order valence-corrected chi connectivity index (χ0v) is 17.0. The Kier molecular flexibility index (Phi) is 5.56. The SMILES string of the molecule is O=C(NCCNS(=O)(=O)c1ccc(N2CCCC2=O)cc1)c1cc2ccccc2[nH]1. The molecule has 1 saturated heterocycles. The number of carbonyl (C=O) groups excluding carboxylic acids is 2. The second kappa shape index (κ2) is 8.29. The zero-order valence-electron chi connectivity index (χ0n) is 16.2. The van der Waals surface area contributed by atoms with Gasteiger partial charge in [0.2, 0.25) is 15.9 Å². The van der Waals surface area contributed by atoms with Crippen molar-refractivity contribution < 1.29 is 18.0 Å². The smallest absolute Gasteiger partial charge is 0.267 e. The molecule has 1 aliphatic heterocycles. The molecular formula is C21H22N4O4S. The molecule has 1 fully saturated rings. The minimum absolute atomic E-state index is 0.0504. The van der Waals surface area contributed by atoms with Crippen LogP contribution in [0.2, 0.25) is 0 Å². The summed E-state index contributed by atoms with van der Waals surface area (Å²) in [5, 5.41) is 3.63. The van der Waals surface area contributed by atoms with Gasteiger partial charge in [0.15, 0.2) is 0 Å². The van der Waals surface area contributed by atoms with Crippen molar-refractivity contribution in [3.8, 4) is 0 Å². The Balaban J connectivity index is 1.30. The van der Waals surface area contributed by atoms with Crippen molar-refractivity contribution in [2.45, 2.75) is 17.7 Å². The number of para-hydroxylation sites is 1. The first kappa shape index (κ1) is 20.1. The normalized spacial score (nSPS) is 14.4. The molecule has 2 amide bonds. The van der Waals surface area contributed by atoms with Crippen LogP contribution < -0.4 is 14.9 Å². The van der Waals surface area contributed by atoms with E-state index in [1.165, 1.54) is 12.1 Å². The number of hydrogen-bond acceptors (Lipinski definition) is 4. The van der Waals surface area contributed by atoms with E-state index in [4.69, 9.17) is 0 Å². The van der Waals surface area contributed by atoms with Gasteiger partial charge in [0.05, 0.1) is 4.90 Å². The third-order valence-electron chi connectivity index (χ3n) is 5.01. The predicted octanol–water partition coefficient (Wildman–Crippen LogP) is 2.00. The number of aromatic nitrogens is 1. The van der Waals surface area contributed by atoms with E-state index in [0.717, 1.165) is 17.3 Å². The molecular weight excluding hydrogens is 404 g/mol. The van der Waals surface area contributed by atoms with Crippen LogP contribution in [0.5, 0.6) is 0 Å². The van der Waals surface area contributed by atoms with E-state index in [-0.39, 0.29) is 29.8 Å². The maximum absolute atomic E-state index is 12.5. The van der Waals surface area contributed by atoms with Crippen LogP contribution >= 0.6 is 0 Å². The summed E-state index contributed by atoms with van der Waals surface area (Å²) in [7, 11) is -3.71. The number of amides is 2. The molecule has 0 atom stereocenters. The van der Waals surface area contributed by atoms with Crippen LogP contribution in [0.25, 0.3) is 10.9 Å². The van der Waals surface area contributed by atoms with Crippen molar-refractivity contribution in [3.63, 3.8) is 0 Å². The van der Waals surface area contributed by atoms with E-state index in [1.807, 2.05) is 24.3 Å². The summed E-state index contributed by atoms with van der Waals surface area (Å²) < 4.78 is 27.4. The molecule has 156 valence electrons. The molecule has 8 nitrogen and oxygen atoms in total. The van der Waals surface area contributed by atoms with Gasteiger partial charge in [0, 0.05) is 42.6 Å². The molecule has 0 unspecified atom stereocenters. The summed E-state index contributed by atoms with van der Waals surface area (Å²) >= 11 is 0. The lowest BCUT2D eigenvalue weighted by Crippen LogP contribution is -2.34. The van der Waals surface area contributed by atoms with Gasteiger partial charge >= 0.3 is 0 Å². The highest BCUT2D eigenvalue weighted by atomic mass is 32.2. The number of benzene rings is 2. The molecule has 0 radical (unpaired) electrons. The van der Waals surface area contributed by atoms with Crippen LogP contribution in [0.1, 0.15) is 23.3 Å². The third-order valence-corrected chi connectivity index (χ3v) is 6.49. The minimum atomic E-state index is -3.71.